The predicted octanol–water partition coefficient (Wildman–Crippen LogP) is 5.35. The van der Waals surface area contributed by atoms with Gasteiger partial charge in [-0.05, 0) is 90.0 Å². The second-order valence-corrected chi connectivity index (χ2v) is 19.2. The van der Waals surface area contributed by atoms with Gasteiger partial charge in [0.15, 0.2) is 11.4 Å². The molecule has 3 aliphatic heterocycles. The molecule has 4 heterocycles. The number of ether oxygens (including phenoxy) is 2. The molecular formula is C40H48F3N5O8S. The molecule has 3 aliphatic carbocycles. The number of alkyl carbamates (subject to hydrolysis) is 1. The number of nitrogens with one attached hydrogen (secondary N) is 3. The number of nitrogens with zero attached hydrogens (tertiary/aromatic N) is 2. The third-order valence-electron chi connectivity index (χ3n) is 12.8. The van der Waals surface area contributed by atoms with Crippen molar-refractivity contribution in [2.75, 3.05) is 6.54 Å². The molecule has 2 aromatic rings. The lowest BCUT2D eigenvalue weighted by atomic mass is 9.87. The Balaban J connectivity index is 1.14. The summed E-state index contributed by atoms with van der Waals surface area (Å²) in [6.45, 7) is 1.25. The van der Waals surface area contributed by atoms with Crippen molar-refractivity contribution in [1.29, 1.82) is 0 Å². The number of rotatable bonds is 5. The molecule has 8 rings (SSSR count). The summed E-state index contributed by atoms with van der Waals surface area (Å²) in [6, 6.07) is 3.99. The van der Waals surface area contributed by atoms with Gasteiger partial charge in [0.2, 0.25) is 21.8 Å². The molecule has 6 aliphatic rings. The lowest BCUT2D eigenvalue weighted by Crippen LogP contribution is -2.58. The molecule has 1 saturated heterocycles. The zero-order valence-electron chi connectivity index (χ0n) is 31.8. The summed E-state index contributed by atoms with van der Waals surface area (Å²) in [5.41, 5.74) is -3.85. The number of carbonyl (C=O) groups is 4. The van der Waals surface area contributed by atoms with Crippen LogP contribution in [0.15, 0.2) is 36.4 Å². The molecule has 13 nitrogen and oxygen atoms in total. The minimum atomic E-state index is -4.89. The molecule has 1 aromatic carbocycles. The fourth-order valence-corrected chi connectivity index (χ4v) is 10.3. The van der Waals surface area contributed by atoms with Crippen molar-refractivity contribution in [3.63, 3.8) is 0 Å². The number of para-hydroxylation sites is 1. The number of allylic oxidation sites excluding steroid dienone is 1. The van der Waals surface area contributed by atoms with Crippen LogP contribution in [-0.2, 0) is 41.7 Å². The van der Waals surface area contributed by atoms with E-state index >= 15 is 0 Å². The van der Waals surface area contributed by atoms with E-state index in [-0.39, 0.29) is 50.3 Å². The van der Waals surface area contributed by atoms with Crippen LogP contribution in [0.25, 0.3) is 10.9 Å². The molecular weight excluding hydrogens is 768 g/mol. The third-order valence-corrected chi connectivity index (χ3v) is 15.0. The maximum atomic E-state index is 14.7. The quantitative estimate of drug-likeness (QED) is 0.337. The van der Waals surface area contributed by atoms with E-state index < -0.39 is 85.3 Å². The number of benzene rings is 1. The van der Waals surface area contributed by atoms with Crippen molar-refractivity contribution in [2.24, 2.45) is 5.92 Å². The van der Waals surface area contributed by atoms with E-state index in [2.05, 4.69) is 20.3 Å². The Morgan fingerprint density at radius 1 is 1.02 bits per heavy atom. The van der Waals surface area contributed by atoms with Crippen LogP contribution in [0.1, 0.15) is 108 Å². The molecule has 3 saturated carbocycles. The summed E-state index contributed by atoms with van der Waals surface area (Å²) in [7, 11) is -4.08. The van der Waals surface area contributed by atoms with Gasteiger partial charge in [0.1, 0.15) is 29.3 Å². The number of hydrogen-bond acceptors (Lipinski definition) is 9. The van der Waals surface area contributed by atoms with E-state index in [0.29, 0.717) is 55.9 Å². The topological polar surface area (TPSA) is 173 Å². The van der Waals surface area contributed by atoms with Crippen LogP contribution in [0.3, 0.4) is 0 Å². The number of amides is 4. The second kappa shape index (κ2) is 14.5. The summed E-state index contributed by atoms with van der Waals surface area (Å²) in [4.78, 5) is 61.6. The normalized spacial score (nSPS) is 30.8. The molecule has 57 heavy (non-hydrogen) atoms. The van der Waals surface area contributed by atoms with E-state index in [1.54, 1.807) is 31.2 Å². The molecule has 1 aromatic heterocycles. The minimum absolute atomic E-state index is 0.105. The van der Waals surface area contributed by atoms with Gasteiger partial charge >= 0.3 is 12.3 Å². The van der Waals surface area contributed by atoms with Crippen LogP contribution in [0.5, 0.6) is 5.75 Å². The molecule has 0 bridgehead atoms. The molecule has 0 radical (unpaired) electrons. The standard InChI is InChI=1S/C40H48F3N5O8S/c1-37(19-20-37)57(53,54)47-35(51)39-21-24(39)11-5-3-2-4-6-16-29(45-36(52)55-25-12-7-8-13-25)34(50)48-23-38(22-30(48)33(49)46-39)18-17-27-26-14-9-10-15-28(26)44-32(31(27)56-38)40(41,42)43/h5,9-11,14-15,24-25,29-30H,2-4,6-8,12-13,16-23H2,1H3,(H,45,52)(H,46,49)(H,47,51)/b11-5-/t24-,29+,30+,38-,39-/m1/s1. The SMILES string of the molecule is CC1(S(=O)(=O)NC(=O)[C@@]23C[C@H]2/C=C\CCCCC[C@H](NC(=O)OC2CCCC2)C(=O)N2C[C@@]4(CCc5c(c(C(F)(F)F)nc6ccccc56)O4)C[C@H]2C(=O)N3)CC1. The van der Waals surface area contributed by atoms with Crippen molar-refractivity contribution in [3.8, 4) is 5.75 Å². The van der Waals surface area contributed by atoms with Gasteiger partial charge in [-0.25, -0.2) is 18.2 Å². The molecule has 1 spiro atoms. The first kappa shape index (κ1) is 39.4. The number of sulfonamides is 1. The Hall–Kier alpha value is -4.41. The van der Waals surface area contributed by atoms with Gasteiger partial charge in [-0.1, -0.05) is 43.2 Å². The van der Waals surface area contributed by atoms with Crippen LogP contribution in [0.4, 0.5) is 18.0 Å². The highest BCUT2D eigenvalue weighted by molar-refractivity contribution is 7.91. The Labute approximate surface area is 328 Å². The Kier molecular flexibility index (Phi) is 9.99. The Morgan fingerprint density at radius 3 is 2.49 bits per heavy atom. The molecule has 5 atom stereocenters. The maximum absolute atomic E-state index is 14.7. The summed E-state index contributed by atoms with van der Waals surface area (Å²) >= 11 is 0. The summed E-state index contributed by atoms with van der Waals surface area (Å²) in [6.07, 6.45) is 4.69. The van der Waals surface area contributed by atoms with Gasteiger partial charge in [0, 0.05) is 23.3 Å². The first-order chi connectivity index (χ1) is 27.0. The number of pyridine rings is 1. The Morgan fingerprint density at radius 2 is 1.75 bits per heavy atom. The molecule has 4 fully saturated rings. The molecule has 4 amide bonds. The van der Waals surface area contributed by atoms with E-state index in [0.717, 1.165) is 19.3 Å². The van der Waals surface area contributed by atoms with E-state index in [9.17, 15) is 40.8 Å². The van der Waals surface area contributed by atoms with E-state index in [1.165, 1.54) is 11.0 Å². The van der Waals surface area contributed by atoms with Crippen LogP contribution >= 0.6 is 0 Å². The second-order valence-electron chi connectivity index (χ2n) is 17.0. The van der Waals surface area contributed by atoms with Crippen molar-refractivity contribution >= 4 is 44.7 Å². The average Bonchev–Trinajstić information content (AvgIpc) is 3.95. The number of hydrogen-bond donors (Lipinski definition) is 3. The number of aromatic nitrogens is 1. The van der Waals surface area contributed by atoms with Crippen molar-refractivity contribution < 1.29 is 50.2 Å². The third kappa shape index (κ3) is 7.55. The Bertz CT molecular complexity index is 2120. The fourth-order valence-electron chi connectivity index (χ4n) is 9.01. The van der Waals surface area contributed by atoms with Crippen LogP contribution in [0.2, 0.25) is 0 Å². The van der Waals surface area contributed by atoms with Gasteiger partial charge in [-0.15, -0.1) is 0 Å². The van der Waals surface area contributed by atoms with Gasteiger partial charge < -0.3 is 25.0 Å². The molecule has 17 heteroatoms. The first-order valence-electron chi connectivity index (χ1n) is 20.0. The maximum Gasteiger partial charge on any atom is 0.437 e. The van der Waals surface area contributed by atoms with Gasteiger partial charge in [0.05, 0.1) is 16.8 Å². The zero-order valence-corrected chi connectivity index (χ0v) is 32.6. The van der Waals surface area contributed by atoms with Crippen molar-refractivity contribution in [2.45, 2.75) is 143 Å². The number of aryl methyl sites for hydroxylation is 1. The van der Waals surface area contributed by atoms with Gasteiger partial charge in [0.25, 0.3) is 5.91 Å². The number of alkyl halides is 3. The van der Waals surface area contributed by atoms with Crippen LogP contribution in [0, 0.1) is 5.92 Å². The number of fused-ring (bicyclic) bond motifs is 5. The summed E-state index contributed by atoms with van der Waals surface area (Å²) < 4.78 is 83.4. The highest BCUT2D eigenvalue weighted by Gasteiger charge is 2.64. The van der Waals surface area contributed by atoms with Gasteiger partial charge in [-0.3, -0.25) is 19.1 Å². The first-order valence-corrected chi connectivity index (χ1v) is 21.5. The lowest BCUT2D eigenvalue weighted by molar-refractivity contribution is -0.144. The van der Waals surface area contributed by atoms with Crippen molar-refractivity contribution in [3.05, 3.63) is 47.7 Å². The monoisotopic (exact) mass is 815 g/mol. The van der Waals surface area contributed by atoms with Crippen LogP contribution < -0.4 is 20.1 Å². The fraction of sp³-hybridized carbons (Fsp3) is 0.625. The molecule has 0 unspecified atom stereocenters. The van der Waals surface area contributed by atoms with Crippen molar-refractivity contribution in [1.82, 2.24) is 25.2 Å². The van der Waals surface area contributed by atoms with E-state index in [1.807, 2.05) is 6.08 Å². The van der Waals surface area contributed by atoms with Crippen LogP contribution in [-0.4, -0.2) is 82.7 Å². The average molecular weight is 816 g/mol. The predicted molar refractivity (Wildman–Crippen MR) is 200 cm³/mol. The lowest BCUT2D eigenvalue weighted by Gasteiger charge is -2.37. The highest BCUT2D eigenvalue weighted by Crippen LogP contribution is 2.50. The molecule has 308 valence electrons. The number of halogens is 3. The van der Waals surface area contributed by atoms with E-state index in [4.69, 9.17) is 9.47 Å². The zero-order chi connectivity index (χ0) is 40.4. The summed E-state index contributed by atoms with van der Waals surface area (Å²) in [5.74, 6) is -3.32. The van der Waals surface area contributed by atoms with Gasteiger partial charge in [-0.2, -0.15) is 13.2 Å². The largest absolute Gasteiger partial charge is 0.483 e. The highest BCUT2D eigenvalue weighted by atomic mass is 32.2. The number of carbonyl (C=O) groups excluding carboxylic acids is 4. The molecule has 3 N–H and O–H groups in total. The smallest absolute Gasteiger partial charge is 0.437 e. The summed E-state index contributed by atoms with van der Waals surface area (Å²) in [5, 5.41) is 6.04. The minimum Gasteiger partial charge on any atom is -0.483 e.